The van der Waals surface area contributed by atoms with E-state index < -0.39 is 5.41 Å². The van der Waals surface area contributed by atoms with Crippen molar-refractivity contribution in [3.63, 3.8) is 0 Å². The molecule has 0 N–H and O–H groups in total. The minimum atomic E-state index is -0.575. The molecule has 0 saturated carbocycles. The largest absolute Gasteiger partial charge is 0.466 e. The third-order valence-electron chi connectivity index (χ3n) is 6.84. The molecule has 0 bridgehead atoms. The number of hydrogen-bond donors (Lipinski definition) is 0. The zero-order valence-corrected chi connectivity index (χ0v) is 18.5. The SMILES string of the molecule is CCOC(=O)C1(C[C@H]2CCCCO2)CCN(C(=O)c2cc3c(nc2Cl)CCC3)CC1. The van der Waals surface area contributed by atoms with Crippen LogP contribution >= 0.6 is 11.6 Å². The van der Waals surface area contributed by atoms with E-state index in [1.807, 2.05) is 17.9 Å². The van der Waals surface area contributed by atoms with Crippen molar-refractivity contribution in [2.75, 3.05) is 26.3 Å². The lowest BCUT2D eigenvalue weighted by Crippen LogP contribution is -2.49. The van der Waals surface area contributed by atoms with Crippen molar-refractivity contribution < 1.29 is 19.1 Å². The predicted molar refractivity (Wildman–Crippen MR) is 114 cm³/mol. The lowest BCUT2D eigenvalue weighted by Gasteiger charge is -2.42. The molecule has 0 aromatic carbocycles. The van der Waals surface area contributed by atoms with E-state index in [2.05, 4.69) is 4.98 Å². The number of aromatic nitrogens is 1. The maximum absolute atomic E-state index is 13.2. The highest BCUT2D eigenvalue weighted by Crippen LogP contribution is 2.40. The number of rotatable bonds is 5. The Kier molecular flexibility index (Phi) is 6.63. The summed E-state index contributed by atoms with van der Waals surface area (Å²) < 4.78 is 11.4. The second-order valence-corrected chi connectivity index (χ2v) is 9.13. The third-order valence-corrected chi connectivity index (χ3v) is 7.13. The van der Waals surface area contributed by atoms with Crippen LogP contribution < -0.4 is 0 Å². The second kappa shape index (κ2) is 9.23. The van der Waals surface area contributed by atoms with Gasteiger partial charge in [-0.15, -0.1) is 0 Å². The Hall–Kier alpha value is -1.66. The fraction of sp³-hybridized carbons (Fsp3) is 0.696. The molecule has 164 valence electrons. The molecule has 7 heteroatoms. The Bertz CT molecular complexity index is 799. The van der Waals surface area contributed by atoms with Crippen molar-refractivity contribution >= 4 is 23.5 Å². The molecule has 2 aliphatic heterocycles. The van der Waals surface area contributed by atoms with Crippen LogP contribution in [0.3, 0.4) is 0 Å². The number of nitrogens with zero attached hydrogens (tertiary/aromatic N) is 2. The monoisotopic (exact) mass is 434 g/mol. The summed E-state index contributed by atoms with van der Waals surface area (Å²) in [5.74, 6) is -0.239. The first kappa shape index (κ1) is 21.6. The molecule has 0 radical (unpaired) electrons. The number of aryl methyl sites for hydroxylation is 2. The number of likely N-dealkylation sites (tertiary alicyclic amines) is 1. The fourth-order valence-electron chi connectivity index (χ4n) is 5.08. The van der Waals surface area contributed by atoms with Gasteiger partial charge in [-0.05, 0) is 76.3 Å². The summed E-state index contributed by atoms with van der Waals surface area (Å²) in [4.78, 5) is 32.4. The summed E-state index contributed by atoms with van der Waals surface area (Å²) in [5.41, 5.74) is 2.06. The van der Waals surface area contributed by atoms with Crippen molar-refractivity contribution in [2.45, 2.75) is 70.8 Å². The van der Waals surface area contributed by atoms with Crippen molar-refractivity contribution in [1.82, 2.24) is 9.88 Å². The number of carbonyl (C=O) groups is 2. The Morgan fingerprint density at radius 2 is 2.07 bits per heavy atom. The van der Waals surface area contributed by atoms with Crippen LogP contribution in [0.15, 0.2) is 6.07 Å². The molecule has 1 aliphatic carbocycles. The standard InChI is InChI=1S/C23H31ClN2O4/c1-2-29-22(28)23(15-17-7-3-4-13-30-17)9-11-26(12-10-23)21(27)18-14-16-6-5-8-19(16)25-20(18)24/h14,17H,2-13,15H2,1H3/t17-/m1/s1. The Balaban J connectivity index is 1.47. The molecular weight excluding hydrogens is 404 g/mol. The van der Waals surface area contributed by atoms with Crippen LogP contribution in [0.1, 0.15) is 73.5 Å². The quantitative estimate of drug-likeness (QED) is 0.518. The summed E-state index contributed by atoms with van der Waals surface area (Å²) in [6, 6.07) is 1.92. The molecule has 3 aliphatic rings. The normalized spacial score (nSPS) is 23.1. The molecule has 3 heterocycles. The van der Waals surface area contributed by atoms with Gasteiger partial charge in [0.25, 0.3) is 5.91 Å². The number of pyridine rings is 1. The van der Waals surface area contributed by atoms with Crippen LogP contribution in [0.5, 0.6) is 0 Å². The average Bonchev–Trinajstić information content (AvgIpc) is 3.21. The van der Waals surface area contributed by atoms with Gasteiger partial charge in [0, 0.05) is 25.4 Å². The molecule has 0 spiro atoms. The van der Waals surface area contributed by atoms with Crippen molar-refractivity contribution in [1.29, 1.82) is 0 Å². The molecule has 30 heavy (non-hydrogen) atoms. The van der Waals surface area contributed by atoms with Crippen LogP contribution in [-0.2, 0) is 27.1 Å². The Morgan fingerprint density at radius 1 is 1.27 bits per heavy atom. The first-order valence-corrected chi connectivity index (χ1v) is 11.7. The maximum Gasteiger partial charge on any atom is 0.312 e. The summed E-state index contributed by atoms with van der Waals surface area (Å²) in [6.45, 7) is 3.99. The van der Waals surface area contributed by atoms with Gasteiger partial charge in [-0.1, -0.05) is 11.6 Å². The zero-order chi connectivity index (χ0) is 21.1. The van der Waals surface area contributed by atoms with Gasteiger partial charge in [-0.3, -0.25) is 9.59 Å². The fourth-order valence-corrected chi connectivity index (χ4v) is 5.32. The second-order valence-electron chi connectivity index (χ2n) is 8.77. The number of esters is 1. The van der Waals surface area contributed by atoms with E-state index in [4.69, 9.17) is 21.1 Å². The zero-order valence-electron chi connectivity index (χ0n) is 17.8. The molecule has 6 nitrogen and oxygen atoms in total. The van der Waals surface area contributed by atoms with Gasteiger partial charge in [0.1, 0.15) is 5.15 Å². The first-order valence-electron chi connectivity index (χ1n) is 11.3. The van der Waals surface area contributed by atoms with Gasteiger partial charge in [0.15, 0.2) is 0 Å². The molecule has 0 unspecified atom stereocenters. The van der Waals surface area contributed by atoms with E-state index in [-0.39, 0.29) is 18.0 Å². The number of carbonyl (C=O) groups excluding carboxylic acids is 2. The third kappa shape index (κ3) is 4.35. The van der Waals surface area contributed by atoms with Gasteiger partial charge < -0.3 is 14.4 Å². The van der Waals surface area contributed by atoms with E-state index in [1.54, 1.807) is 0 Å². The number of fused-ring (bicyclic) bond motifs is 1. The van der Waals surface area contributed by atoms with Crippen LogP contribution in [0, 0.1) is 5.41 Å². The van der Waals surface area contributed by atoms with Crippen molar-refractivity contribution in [3.8, 4) is 0 Å². The van der Waals surface area contributed by atoms with Gasteiger partial charge >= 0.3 is 5.97 Å². The van der Waals surface area contributed by atoms with E-state index in [0.717, 1.165) is 56.4 Å². The van der Waals surface area contributed by atoms with E-state index in [1.165, 1.54) is 0 Å². The Morgan fingerprint density at radius 3 is 2.77 bits per heavy atom. The predicted octanol–water partition coefficient (Wildman–Crippen LogP) is 3.97. The Labute approximate surface area is 183 Å². The lowest BCUT2D eigenvalue weighted by molar-refractivity contribution is -0.162. The smallest absolute Gasteiger partial charge is 0.312 e. The molecular formula is C23H31ClN2O4. The number of piperidine rings is 1. The molecule has 1 atom stereocenters. The van der Waals surface area contributed by atoms with Gasteiger partial charge in [0.05, 0.1) is 23.7 Å². The summed E-state index contributed by atoms with van der Waals surface area (Å²) in [5, 5.41) is 0.290. The number of ether oxygens (including phenoxy) is 2. The number of hydrogen-bond acceptors (Lipinski definition) is 5. The lowest BCUT2D eigenvalue weighted by atomic mass is 9.73. The van der Waals surface area contributed by atoms with E-state index in [9.17, 15) is 9.59 Å². The van der Waals surface area contributed by atoms with Gasteiger partial charge in [-0.25, -0.2) is 4.98 Å². The van der Waals surface area contributed by atoms with Gasteiger partial charge in [0.2, 0.25) is 0 Å². The summed E-state index contributed by atoms with van der Waals surface area (Å²) >= 11 is 6.35. The first-order chi connectivity index (χ1) is 14.5. The van der Waals surface area contributed by atoms with E-state index >= 15 is 0 Å². The van der Waals surface area contributed by atoms with Crippen molar-refractivity contribution in [2.24, 2.45) is 5.41 Å². The van der Waals surface area contributed by atoms with Crippen LogP contribution in [-0.4, -0.2) is 54.2 Å². The average molecular weight is 435 g/mol. The highest BCUT2D eigenvalue weighted by atomic mass is 35.5. The molecule has 2 saturated heterocycles. The topological polar surface area (TPSA) is 68.7 Å². The van der Waals surface area contributed by atoms with Crippen LogP contribution in [0.2, 0.25) is 5.15 Å². The number of amides is 1. The van der Waals surface area contributed by atoms with Crippen LogP contribution in [0.25, 0.3) is 0 Å². The molecule has 2 fully saturated rings. The summed E-state index contributed by atoms with van der Waals surface area (Å²) in [7, 11) is 0. The summed E-state index contributed by atoms with van der Waals surface area (Å²) in [6.07, 6.45) is 8.10. The highest BCUT2D eigenvalue weighted by molar-refractivity contribution is 6.32. The minimum Gasteiger partial charge on any atom is -0.466 e. The molecule has 4 rings (SSSR count). The highest BCUT2D eigenvalue weighted by Gasteiger charge is 2.45. The molecule has 1 amide bonds. The molecule has 1 aromatic heterocycles. The van der Waals surface area contributed by atoms with E-state index in [0.29, 0.717) is 49.7 Å². The minimum absolute atomic E-state index is 0.0893. The number of halogens is 1. The maximum atomic E-state index is 13.2. The molecule has 1 aromatic rings. The van der Waals surface area contributed by atoms with Gasteiger partial charge in [-0.2, -0.15) is 0 Å². The van der Waals surface area contributed by atoms with Crippen LogP contribution in [0.4, 0.5) is 0 Å². The van der Waals surface area contributed by atoms with Crippen molar-refractivity contribution in [3.05, 3.63) is 28.0 Å².